The van der Waals surface area contributed by atoms with E-state index in [0.717, 1.165) is 48.3 Å². The first-order valence-electron chi connectivity index (χ1n) is 11.2. The van der Waals surface area contributed by atoms with Gasteiger partial charge in [0.2, 0.25) is 5.89 Å². The third kappa shape index (κ3) is 4.73. The molecule has 2 aliphatic rings. The molecule has 0 bridgehead atoms. The van der Waals surface area contributed by atoms with Crippen molar-refractivity contribution in [3.8, 4) is 0 Å². The van der Waals surface area contributed by atoms with Gasteiger partial charge in [-0.15, -0.1) is 0 Å². The summed E-state index contributed by atoms with van der Waals surface area (Å²) in [4.78, 5) is 24.6. The van der Waals surface area contributed by atoms with Crippen LogP contribution >= 0.6 is 11.6 Å². The number of carbonyl (C=O) groups is 1. The number of halogens is 1. The molecule has 0 radical (unpaired) electrons. The smallest absolute Gasteiger partial charge is 0.270 e. The largest absolute Gasteiger partial charge is 0.440 e. The van der Waals surface area contributed by atoms with E-state index >= 15 is 0 Å². The number of carbonyl (C=O) groups excluding carboxylic acids is 1. The van der Waals surface area contributed by atoms with E-state index in [9.17, 15) is 4.79 Å². The lowest BCUT2D eigenvalue weighted by Crippen LogP contribution is -2.35. The van der Waals surface area contributed by atoms with Crippen molar-refractivity contribution >= 4 is 35.3 Å². The van der Waals surface area contributed by atoms with Crippen LogP contribution in [0.5, 0.6) is 0 Å². The number of allylic oxidation sites excluding steroid dienone is 1. The second kappa shape index (κ2) is 9.51. The molecule has 5 rings (SSSR count). The summed E-state index contributed by atoms with van der Waals surface area (Å²) < 4.78 is 13.1. The van der Waals surface area contributed by atoms with Crippen LogP contribution in [0.25, 0.3) is 17.8 Å². The molecule has 0 atom stereocenters. The van der Waals surface area contributed by atoms with Crippen LogP contribution in [0.4, 0.5) is 0 Å². The van der Waals surface area contributed by atoms with Gasteiger partial charge in [0.15, 0.2) is 5.42 Å². The fourth-order valence-corrected chi connectivity index (χ4v) is 4.32. The molecule has 3 aromatic heterocycles. The van der Waals surface area contributed by atoms with Gasteiger partial charge in [0, 0.05) is 25.8 Å². The predicted molar refractivity (Wildman–Crippen MR) is 125 cm³/mol. The highest BCUT2D eigenvalue weighted by Crippen LogP contribution is 2.17. The lowest BCUT2D eigenvalue weighted by atomic mass is 10.2. The molecule has 1 aliphatic heterocycles. The van der Waals surface area contributed by atoms with Crippen LogP contribution in [-0.4, -0.2) is 58.0 Å². The van der Waals surface area contributed by atoms with E-state index in [0.29, 0.717) is 48.2 Å². The molecule has 9 heteroatoms. The molecule has 1 fully saturated rings. The van der Waals surface area contributed by atoms with Gasteiger partial charge in [-0.25, -0.2) is 9.97 Å². The number of hydrogen-bond donors (Lipinski definition) is 1. The number of pyridine rings is 1. The van der Waals surface area contributed by atoms with Crippen molar-refractivity contribution in [2.45, 2.75) is 26.3 Å². The number of oxazole rings is 1. The summed E-state index contributed by atoms with van der Waals surface area (Å²) in [5, 5.41) is 4.39. The number of rotatable bonds is 6. The SMILES string of the molecule is CCc1nc2ccc(Cl)cn2c1C(=O)NCC1=CCC=c2oc(CN3CCOCC3)nc2=C1. The average molecular weight is 468 g/mol. The topological polar surface area (TPSA) is 84.9 Å². The van der Waals surface area contributed by atoms with Gasteiger partial charge in [-0.2, -0.15) is 0 Å². The molecule has 1 aliphatic carbocycles. The van der Waals surface area contributed by atoms with Crippen LogP contribution in [-0.2, 0) is 17.7 Å². The first-order valence-corrected chi connectivity index (χ1v) is 11.6. The van der Waals surface area contributed by atoms with Gasteiger partial charge in [-0.1, -0.05) is 24.6 Å². The summed E-state index contributed by atoms with van der Waals surface area (Å²) in [6, 6.07) is 3.59. The molecular formula is C24H26ClN5O3. The number of aromatic nitrogens is 3. The van der Waals surface area contributed by atoms with Crippen molar-refractivity contribution in [1.29, 1.82) is 0 Å². The standard InChI is InChI=1S/C24H26ClN5O3/c1-2-18-23(30-14-17(25)6-7-21(30)27-18)24(31)26-13-16-4-3-5-20-19(12-16)28-22(33-20)15-29-8-10-32-11-9-29/h4-7,12,14H,2-3,8-11,13,15H2,1H3,(H,26,31). The zero-order valence-corrected chi connectivity index (χ0v) is 19.3. The van der Waals surface area contributed by atoms with E-state index in [1.165, 1.54) is 0 Å². The summed E-state index contributed by atoms with van der Waals surface area (Å²) in [7, 11) is 0. The maximum absolute atomic E-state index is 13.1. The lowest BCUT2D eigenvalue weighted by Gasteiger charge is -2.24. The van der Waals surface area contributed by atoms with Crippen LogP contribution in [0.15, 0.2) is 34.4 Å². The Morgan fingerprint density at radius 3 is 2.88 bits per heavy atom. The molecule has 8 nitrogen and oxygen atoms in total. The summed E-state index contributed by atoms with van der Waals surface area (Å²) in [6.07, 6.45) is 9.18. The highest BCUT2D eigenvalue weighted by atomic mass is 35.5. The maximum atomic E-state index is 13.1. The van der Waals surface area contributed by atoms with Gasteiger partial charge in [-0.05, 0) is 42.7 Å². The van der Waals surface area contributed by atoms with Crippen LogP contribution in [0.2, 0.25) is 5.02 Å². The first kappa shape index (κ1) is 21.9. The fourth-order valence-electron chi connectivity index (χ4n) is 4.15. The van der Waals surface area contributed by atoms with Gasteiger partial charge in [0.25, 0.3) is 5.91 Å². The number of hydrogen-bond acceptors (Lipinski definition) is 6. The van der Waals surface area contributed by atoms with E-state index in [2.05, 4.69) is 21.3 Å². The van der Waals surface area contributed by atoms with E-state index in [1.807, 2.05) is 25.1 Å². The van der Waals surface area contributed by atoms with Crippen molar-refractivity contribution in [1.82, 2.24) is 24.6 Å². The minimum absolute atomic E-state index is 0.183. The zero-order chi connectivity index (χ0) is 22.8. The van der Waals surface area contributed by atoms with E-state index < -0.39 is 0 Å². The highest BCUT2D eigenvalue weighted by Gasteiger charge is 2.19. The average Bonchev–Trinajstić information content (AvgIpc) is 3.31. The normalized spacial score (nSPS) is 16.5. The van der Waals surface area contributed by atoms with Crippen LogP contribution in [0, 0.1) is 0 Å². The van der Waals surface area contributed by atoms with Crippen molar-refractivity contribution in [2.24, 2.45) is 0 Å². The maximum Gasteiger partial charge on any atom is 0.270 e. The monoisotopic (exact) mass is 467 g/mol. The molecular weight excluding hydrogens is 442 g/mol. The Morgan fingerprint density at radius 2 is 2.06 bits per heavy atom. The number of ether oxygens (including phenoxy) is 1. The number of imidazole rings is 1. The minimum Gasteiger partial charge on any atom is -0.440 e. The van der Waals surface area contributed by atoms with Crippen molar-refractivity contribution in [3.05, 3.63) is 63.0 Å². The summed E-state index contributed by atoms with van der Waals surface area (Å²) in [6.45, 7) is 6.28. The summed E-state index contributed by atoms with van der Waals surface area (Å²) >= 11 is 6.15. The molecule has 1 saturated heterocycles. The molecule has 172 valence electrons. The Labute approximate surface area is 196 Å². The Morgan fingerprint density at radius 1 is 1.21 bits per heavy atom. The van der Waals surface area contributed by atoms with Gasteiger partial charge in [0.1, 0.15) is 16.7 Å². The summed E-state index contributed by atoms with van der Waals surface area (Å²) in [5.41, 5.74) is 3.73. The third-order valence-electron chi connectivity index (χ3n) is 5.85. The summed E-state index contributed by atoms with van der Waals surface area (Å²) in [5.74, 6) is 0.521. The van der Waals surface area contributed by atoms with Crippen molar-refractivity contribution in [2.75, 3.05) is 32.8 Å². The number of nitrogens with one attached hydrogen (secondary N) is 1. The van der Waals surface area contributed by atoms with Crippen molar-refractivity contribution < 1.29 is 13.9 Å². The number of aryl methyl sites for hydroxylation is 1. The molecule has 33 heavy (non-hydrogen) atoms. The fraction of sp³-hybridized carbons (Fsp3) is 0.375. The quantitative estimate of drug-likeness (QED) is 0.594. The second-order valence-corrected chi connectivity index (χ2v) is 8.56. The Bertz CT molecular complexity index is 1330. The molecule has 3 aromatic rings. The Balaban J connectivity index is 1.32. The molecule has 1 amide bonds. The van der Waals surface area contributed by atoms with E-state index in [-0.39, 0.29) is 5.91 Å². The first-order chi connectivity index (χ1) is 16.1. The second-order valence-electron chi connectivity index (χ2n) is 8.13. The number of amides is 1. The lowest BCUT2D eigenvalue weighted by molar-refractivity contribution is 0.0304. The predicted octanol–water partition coefficient (Wildman–Crippen LogP) is 1.69. The number of morpholine rings is 1. The minimum atomic E-state index is -0.183. The van der Waals surface area contributed by atoms with Crippen LogP contribution in [0.3, 0.4) is 0 Å². The van der Waals surface area contributed by atoms with Crippen LogP contribution < -0.4 is 16.1 Å². The third-order valence-corrected chi connectivity index (χ3v) is 6.07. The van der Waals surface area contributed by atoms with Gasteiger partial charge >= 0.3 is 0 Å². The molecule has 4 heterocycles. The van der Waals surface area contributed by atoms with Gasteiger partial charge in [0.05, 0.1) is 30.5 Å². The van der Waals surface area contributed by atoms with Crippen LogP contribution in [0.1, 0.15) is 35.4 Å². The molecule has 1 N–H and O–H groups in total. The molecule has 0 aromatic carbocycles. The molecule has 0 spiro atoms. The molecule has 0 saturated carbocycles. The van der Waals surface area contributed by atoms with E-state index in [1.54, 1.807) is 16.7 Å². The highest BCUT2D eigenvalue weighted by molar-refractivity contribution is 6.30. The Kier molecular flexibility index (Phi) is 6.30. The number of fused-ring (bicyclic) bond motifs is 2. The Hall–Kier alpha value is -2.94. The molecule has 0 unspecified atom stereocenters. The van der Waals surface area contributed by atoms with E-state index in [4.69, 9.17) is 25.7 Å². The van der Waals surface area contributed by atoms with Gasteiger partial charge in [-0.3, -0.25) is 14.1 Å². The van der Waals surface area contributed by atoms with Gasteiger partial charge < -0.3 is 14.5 Å². The number of nitrogens with zero attached hydrogens (tertiary/aromatic N) is 4. The van der Waals surface area contributed by atoms with Crippen molar-refractivity contribution in [3.63, 3.8) is 0 Å². The zero-order valence-electron chi connectivity index (χ0n) is 18.5.